The van der Waals surface area contributed by atoms with Crippen LogP contribution in [-0.4, -0.2) is 19.5 Å². The smallest absolute Gasteiger partial charge is 0.246 e. The second-order valence-electron chi connectivity index (χ2n) is 5.80. The summed E-state index contributed by atoms with van der Waals surface area (Å²) in [5.74, 6) is 6.32. The summed E-state index contributed by atoms with van der Waals surface area (Å²) in [4.78, 5) is 14.1. The number of carbonyl (C=O) groups excluding carboxylic acids is 1. The van der Waals surface area contributed by atoms with Crippen LogP contribution in [0, 0.1) is 11.8 Å². The number of carbonyl (C=O) groups is 1. The maximum absolute atomic E-state index is 12.4. The van der Waals surface area contributed by atoms with Crippen LogP contribution in [0.2, 0.25) is 0 Å². The van der Waals surface area contributed by atoms with Gasteiger partial charge < -0.3 is 10.2 Å². The molecule has 0 aliphatic carbocycles. The lowest BCUT2D eigenvalue weighted by atomic mass is 10.1. The number of hydrogen-bond acceptors (Lipinski definition) is 2. The molecule has 0 aliphatic heterocycles. The minimum atomic E-state index is -0.0120. The summed E-state index contributed by atoms with van der Waals surface area (Å²) in [6.07, 6.45) is 0. The fraction of sp³-hybridized carbons (Fsp3) is 0.0870. The van der Waals surface area contributed by atoms with Gasteiger partial charge in [-0.15, -0.1) is 0 Å². The van der Waals surface area contributed by atoms with Crippen LogP contribution >= 0.6 is 0 Å². The number of nitrogens with zero attached hydrogens (tertiary/aromatic N) is 1. The SMILES string of the molecule is CN(C(=O)CNc1ccccc1C#Cc1ccccc1)c1ccccc1. The van der Waals surface area contributed by atoms with Crippen LogP contribution in [0.3, 0.4) is 0 Å². The lowest BCUT2D eigenvalue weighted by molar-refractivity contribution is -0.116. The maximum atomic E-state index is 12.4. The molecule has 0 saturated heterocycles. The zero-order valence-electron chi connectivity index (χ0n) is 14.6. The van der Waals surface area contributed by atoms with E-state index in [1.54, 1.807) is 11.9 Å². The summed E-state index contributed by atoms with van der Waals surface area (Å²) < 4.78 is 0. The zero-order chi connectivity index (χ0) is 18.2. The van der Waals surface area contributed by atoms with Gasteiger partial charge in [0.05, 0.1) is 12.2 Å². The molecule has 3 aromatic carbocycles. The Hall–Kier alpha value is -3.51. The largest absolute Gasteiger partial charge is 0.375 e. The average Bonchev–Trinajstić information content (AvgIpc) is 2.72. The monoisotopic (exact) mass is 340 g/mol. The predicted molar refractivity (Wildman–Crippen MR) is 107 cm³/mol. The van der Waals surface area contributed by atoms with Gasteiger partial charge in [0.15, 0.2) is 0 Å². The van der Waals surface area contributed by atoms with Crippen molar-refractivity contribution in [3.05, 3.63) is 96.1 Å². The molecular weight excluding hydrogens is 320 g/mol. The lowest BCUT2D eigenvalue weighted by Crippen LogP contribution is -2.32. The van der Waals surface area contributed by atoms with Gasteiger partial charge >= 0.3 is 0 Å². The first kappa shape index (κ1) is 17.3. The fourth-order valence-corrected chi connectivity index (χ4v) is 2.49. The highest BCUT2D eigenvalue weighted by Gasteiger charge is 2.10. The van der Waals surface area contributed by atoms with E-state index in [1.165, 1.54) is 0 Å². The first-order chi connectivity index (χ1) is 12.7. The number of benzene rings is 3. The molecule has 26 heavy (non-hydrogen) atoms. The van der Waals surface area contributed by atoms with Crippen molar-refractivity contribution in [2.24, 2.45) is 0 Å². The Bertz CT molecular complexity index is 924. The molecule has 0 aliphatic rings. The van der Waals surface area contributed by atoms with Gasteiger partial charge in [-0.05, 0) is 36.4 Å². The van der Waals surface area contributed by atoms with Crippen LogP contribution < -0.4 is 10.2 Å². The van der Waals surface area contributed by atoms with E-state index in [2.05, 4.69) is 17.2 Å². The molecule has 1 amide bonds. The van der Waals surface area contributed by atoms with Gasteiger partial charge in [-0.2, -0.15) is 0 Å². The highest BCUT2D eigenvalue weighted by molar-refractivity contribution is 5.95. The Balaban J connectivity index is 1.69. The molecule has 0 heterocycles. The molecule has 0 unspecified atom stereocenters. The van der Waals surface area contributed by atoms with E-state index in [1.807, 2.05) is 84.9 Å². The molecule has 3 rings (SSSR count). The summed E-state index contributed by atoms with van der Waals surface area (Å²) in [5, 5.41) is 3.21. The van der Waals surface area contributed by atoms with Gasteiger partial charge in [0.2, 0.25) is 5.91 Å². The molecule has 0 bridgehead atoms. The highest BCUT2D eigenvalue weighted by atomic mass is 16.2. The van der Waals surface area contributed by atoms with E-state index in [-0.39, 0.29) is 12.5 Å². The Morgan fingerprint density at radius 3 is 2.19 bits per heavy atom. The molecule has 0 radical (unpaired) electrons. The van der Waals surface area contributed by atoms with Crippen LogP contribution in [0.15, 0.2) is 84.9 Å². The van der Waals surface area contributed by atoms with Gasteiger partial charge in [0, 0.05) is 23.9 Å². The number of likely N-dealkylation sites (N-methyl/N-ethyl adjacent to an activating group) is 1. The van der Waals surface area contributed by atoms with Gasteiger partial charge in [-0.3, -0.25) is 4.79 Å². The van der Waals surface area contributed by atoms with E-state index in [0.717, 1.165) is 22.5 Å². The van der Waals surface area contributed by atoms with E-state index < -0.39 is 0 Å². The number of rotatable bonds is 4. The third-order valence-corrected chi connectivity index (χ3v) is 3.99. The number of hydrogen-bond donors (Lipinski definition) is 1. The standard InChI is InChI=1S/C23H20N2O/c1-25(21-13-6-3-7-14-21)23(26)18-24-22-15-9-8-12-20(22)17-16-19-10-4-2-5-11-19/h2-15,24H,18H2,1H3. The van der Waals surface area contributed by atoms with Gasteiger partial charge in [0.25, 0.3) is 0 Å². The predicted octanol–water partition coefficient (Wildman–Crippen LogP) is 4.16. The molecule has 1 N–H and O–H groups in total. The van der Waals surface area contributed by atoms with Crippen LogP contribution in [0.1, 0.15) is 11.1 Å². The van der Waals surface area contributed by atoms with Crippen molar-refractivity contribution < 1.29 is 4.79 Å². The van der Waals surface area contributed by atoms with Crippen molar-refractivity contribution in [1.82, 2.24) is 0 Å². The van der Waals surface area contributed by atoms with Crippen molar-refractivity contribution >= 4 is 17.3 Å². The molecule has 128 valence electrons. The third-order valence-electron chi connectivity index (χ3n) is 3.99. The Morgan fingerprint density at radius 2 is 1.46 bits per heavy atom. The first-order valence-corrected chi connectivity index (χ1v) is 8.45. The van der Waals surface area contributed by atoms with Gasteiger partial charge in [-0.1, -0.05) is 60.4 Å². The van der Waals surface area contributed by atoms with E-state index >= 15 is 0 Å². The number of amides is 1. The van der Waals surface area contributed by atoms with E-state index in [0.29, 0.717) is 0 Å². The third kappa shape index (κ3) is 4.52. The second-order valence-corrected chi connectivity index (χ2v) is 5.80. The van der Waals surface area contributed by atoms with Crippen molar-refractivity contribution in [2.45, 2.75) is 0 Å². The van der Waals surface area contributed by atoms with Crippen molar-refractivity contribution in [2.75, 3.05) is 23.8 Å². The van der Waals surface area contributed by atoms with Crippen molar-refractivity contribution in [1.29, 1.82) is 0 Å². The van der Waals surface area contributed by atoms with Gasteiger partial charge in [0.1, 0.15) is 0 Å². The van der Waals surface area contributed by atoms with Crippen LogP contribution in [0.4, 0.5) is 11.4 Å². The average molecular weight is 340 g/mol. The molecular formula is C23H20N2O. The van der Waals surface area contributed by atoms with Crippen LogP contribution in [-0.2, 0) is 4.79 Å². The molecule has 0 atom stereocenters. The normalized spacial score (nSPS) is 9.73. The lowest BCUT2D eigenvalue weighted by Gasteiger charge is -2.18. The molecule has 3 nitrogen and oxygen atoms in total. The Morgan fingerprint density at radius 1 is 0.846 bits per heavy atom. The quantitative estimate of drug-likeness (QED) is 0.723. The molecule has 3 heteroatoms. The summed E-state index contributed by atoms with van der Waals surface area (Å²) >= 11 is 0. The minimum absolute atomic E-state index is 0.0120. The number of anilines is 2. The van der Waals surface area contributed by atoms with E-state index in [4.69, 9.17) is 0 Å². The summed E-state index contributed by atoms with van der Waals surface area (Å²) in [6, 6.07) is 27.2. The fourth-order valence-electron chi connectivity index (χ4n) is 2.49. The minimum Gasteiger partial charge on any atom is -0.375 e. The second kappa shape index (κ2) is 8.55. The van der Waals surface area contributed by atoms with Gasteiger partial charge in [-0.25, -0.2) is 0 Å². The topological polar surface area (TPSA) is 32.3 Å². The summed E-state index contributed by atoms with van der Waals surface area (Å²) in [7, 11) is 1.78. The molecule has 0 spiro atoms. The summed E-state index contributed by atoms with van der Waals surface area (Å²) in [6.45, 7) is 0.204. The zero-order valence-corrected chi connectivity index (χ0v) is 14.6. The maximum Gasteiger partial charge on any atom is 0.246 e. The van der Waals surface area contributed by atoms with E-state index in [9.17, 15) is 4.79 Å². The van der Waals surface area contributed by atoms with Crippen molar-refractivity contribution in [3.8, 4) is 11.8 Å². The van der Waals surface area contributed by atoms with Crippen molar-refractivity contribution in [3.63, 3.8) is 0 Å². The van der Waals surface area contributed by atoms with Crippen LogP contribution in [0.25, 0.3) is 0 Å². The number of nitrogens with one attached hydrogen (secondary N) is 1. The Kier molecular flexibility index (Phi) is 5.69. The molecule has 0 aromatic heterocycles. The molecule has 3 aromatic rings. The first-order valence-electron chi connectivity index (χ1n) is 8.45. The number of para-hydroxylation sites is 2. The molecule has 0 saturated carbocycles. The Labute approximate surface area is 154 Å². The highest BCUT2D eigenvalue weighted by Crippen LogP contribution is 2.15. The summed E-state index contributed by atoms with van der Waals surface area (Å²) in [5.41, 5.74) is 3.55. The van der Waals surface area contributed by atoms with Crippen LogP contribution in [0.5, 0.6) is 0 Å². The molecule has 0 fully saturated rings.